The van der Waals surface area contributed by atoms with Gasteiger partial charge in [-0.1, -0.05) is 17.3 Å². The third kappa shape index (κ3) is 2.85. The van der Waals surface area contributed by atoms with Crippen molar-refractivity contribution in [2.45, 2.75) is 4.90 Å². The van der Waals surface area contributed by atoms with Gasteiger partial charge in [0.2, 0.25) is 0 Å². The van der Waals surface area contributed by atoms with Crippen LogP contribution in [0.2, 0.25) is 0 Å². The van der Waals surface area contributed by atoms with Gasteiger partial charge in [-0.2, -0.15) is 0 Å². The summed E-state index contributed by atoms with van der Waals surface area (Å²) in [5.41, 5.74) is 5.35. The maximum Gasteiger partial charge on any atom is 0.149 e. The van der Waals surface area contributed by atoms with E-state index in [0.29, 0.717) is 5.75 Å². The van der Waals surface area contributed by atoms with E-state index in [1.54, 1.807) is 7.11 Å². The Morgan fingerprint density at radius 3 is 2.93 bits per heavy atom. The van der Waals surface area contributed by atoms with Crippen molar-refractivity contribution in [2.75, 3.05) is 12.9 Å². The fourth-order valence-electron chi connectivity index (χ4n) is 0.919. The summed E-state index contributed by atoms with van der Waals surface area (Å²) in [6, 6.07) is 7.60. The summed E-state index contributed by atoms with van der Waals surface area (Å²) >= 11 is 1.46. The average molecular weight is 212 g/mol. The molecule has 0 saturated carbocycles. The van der Waals surface area contributed by atoms with Crippen LogP contribution in [0, 0.1) is 0 Å². The number of oxime groups is 1. The van der Waals surface area contributed by atoms with Gasteiger partial charge in [-0.05, 0) is 12.1 Å². The topological polar surface area (TPSA) is 67.8 Å². The zero-order valence-corrected chi connectivity index (χ0v) is 8.62. The number of thioether (sulfide) groups is 1. The normalized spacial score (nSPS) is 11.4. The molecular formula is C9H12N2O2S. The van der Waals surface area contributed by atoms with Gasteiger partial charge in [0.25, 0.3) is 0 Å². The zero-order valence-electron chi connectivity index (χ0n) is 7.80. The minimum atomic E-state index is 0.195. The van der Waals surface area contributed by atoms with Gasteiger partial charge in [0.15, 0.2) is 0 Å². The largest absolute Gasteiger partial charge is 0.496 e. The van der Waals surface area contributed by atoms with Crippen LogP contribution in [0.15, 0.2) is 34.3 Å². The van der Waals surface area contributed by atoms with Crippen molar-refractivity contribution in [3.05, 3.63) is 24.3 Å². The van der Waals surface area contributed by atoms with Crippen LogP contribution >= 0.6 is 11.8 Å². The molecule has 0 aromatic heterocycles. The van der Waals surface area contributed by atoms with Gasteiger partial charge in [0, 0.05) is 4.90 Å². The second-order valence-electron chi connectivity index (χ2n) is 2.53. The van der Waals surface area contributed by atoms with Crippen molar-refractivity contribution < 1.29 is 9.94 Å². The van der Waals surface area contributed by atoms with E-state index >= 15 is 0 Å². The standard InChI is InChI=1S/C9H12N2O2S/c1-13-7-4-2-3-5-8(7)14-6-9(10)11-12/h2-5,12H,6H2,1H3,(H2,10,11). The lowest BCUT2D eigenvalue weighted by molar-refractivity contribution is 0.318. The molecule has 0 atom stereocenters. The van der Waals surface area contributed by atoms with Gasteiger partial charge in [-0.3, -0.25) is 0 Å². The van der Waals surface area contributed by atoms with Gasteiger partial charge in [0.1, 0.15) is 11.6 Å². The van der Waals surface area contributed by atoms with E-state index in [-0.39, 0.29) is 5.84 Å². The van der Waals surface area contributed by atoms with Crippen LogP contribution < -0.4 is 10.5 Å². The van der Waals surface area contributed by atoms with Crippen LogP contribution in [0.1, 0.15) is 0 Å². The van der Waals surface area contributed by atoms with Crippen molar-refractivity contribution in [3.8, 4) is 5.75 Å². The van der Waals surface area contributed by atoms with Crippen molar-refractivity contribution in [3.63, 3.8) is 0 Å². The number of hydrogen-bond donors (Lipinski definition) is 2. The molecule has 3 N–H and O–H groups in total. The average Bonchev–Trinajstić information content (AvgIpc) is 2.26. The highest BCUT2D eigenvalue weighted by atomic mass is 32.2. The molecule has 0 saturated heterocycles. The molecule has 0 amide bonds. The molecule has 1 rings (SSSR count). The summed E-state index contributed by atoms with van der Waals surface area (Å²) in [6.45, 7) is 0. The Morgan fingerprint density at radius 1 is 1.57 bits per heavy atom. The Kier molecular flexibility index (Phi) is 4.12. The van der Waals surface area contributed by atoms with Gasteiger partial charge >= 0.3 is 0 Å². The van der Waals surface area contributed by atoms with Crippen molar-refractivity contribution >= 4 is 17.6 Å². The van der Waals surface area contributed by atoms with E-state index < -0.39 is 0 Å². The molecule has 76 valence electrons. The summed E-state index contributed by atoms with van der Waals surface area (Å²) in [5, 5.41) is 11.2. The second-order valence-corrected chi connectivity index (χ2v) is 3.55. The first-order valence-corrected chi connectivity index (χ1v) is 4.98. The third-order valence-corrected chi connectivity index (χ3v) is 2.66. The number of amidine groups is 1. The van der Waals surface area contributed by atoms with Crippen LogP contribution in [0.3, 0.4) is 0 Å². The molecule has 4 nitrogen and oxygen atoms in total. The molecule has 5 heteroatoms. The molecule has 1 aromatic carbocycles. The molecule has 0 aliphatic rings. The summed E-state index contributed by atoms with van der Waals surface area (Å²) in [6.07, 6.45) is 0. The summed E-state index contributed by atoms with van der Waals surface area (Å²) < 4.78 is 5.15. The number of ether oxygens (including phenoxy) is 1. The van der Waals surface area contributed by atoms with E-state index in [4.69, 9.17) is 15.7 Å². The second kappa shape index (κ2) is 5.39. The Labute approximate surface area is 86.7 Å². The summed E-state index contributed by atoms with van der Waals surface area (Å²) in [5.74, 6) is 1.43. The van der Waals surface area contributed by atoms with Crippen molar-refractivity contribution in [1.29, 1.82) is 0 Å². The molecule has 1 aromatic rings. The fraction of sp³-hybridized carbons (Fsp3) is 0.222. The number of para-hydroxylation sites is 1. The molecular weight excluding hydrogens is 200 g/mol. The number of hydrogen-bond acceptors (Lipinski definition) is 4. The number of methoxy groups -OCH3 is 1. The van der Waals surface area contributed by atoms with Crippen molar-refractivity contribution in [1.82, 2.24) is 0 Å². The van der Waals surface area contributed by atoms with Crippen LogP contribution in [0.5, 0.6) is 5.75 Å². The van der Waals surface area contributed by atoms with E-state index in [1.165, 1.54) is 11.8 Å². The lowest BCUT2D eigenvalue weighted by Gasteiger charge is -2.06. The van der Waals surface area contributed by atoms with Gasteiger partial charge in [0.05, 0.1) is 12.9 Å². The highest BCUT2D eigenvalue weighted by Gasteiger charge is 2.02. The first-order chi connectivity index (χ1) is 6.77. The number of benzene rings is 1. The van der Waals surface area contributed by atoms with E-state index in [2.05, 4.69) is 5.16 Å². The van der Waals surface area contributed by atoms with E-state index in [9.17, 15) is 0 Å². The predicted molar refractivity (Wildman–Crippen MR) is 57.1 cm³/mol. The molecule has 0 heterocycles. The fourth-order valence-corrected chi connectivity index (χ4v) is 1.75. The molecule has 0 fully saturated rings. The van der Waals surface area contributed by atoms with E-state index in [0.717, 1.165) is 10.6 Å². The number of nitrogens with zero attached hydrogens (tertiary/aromatic N) is 1. The molecule has 0 aliphatic heterocycles. The minimum absolute atomic E-state index is 0.195. The molecule has 0 spiro atoms. The highest BCUT2D eigenvalue weighted by Crippen LogP contribution is 2.28. The van der Waals surface area contributed by atoms with Gasteiger partial charge < -0.3 is 15.7 Å². The predicted octanol–water partition coefficient (Wildman–Crippen LogP) is 1.53. The first-order valence-electron chi connectivity index (χ1n) is 4.00. The Balaban J connectivity index is 2.66. The lowest BCUT2D eigenvalue weighted by Crippen LogP contribution is -2.14. The number of nitrogens with two attached hydrogens (primary N) is 1. The number of rotatable bonds is 4. The van der Waals surface area contributed by atoms with Crippen LogP contribution in [-0.4, -0.2) is 23.9 Å². The quantitative estimate of drug-likeness (QED) is 0.261. The molecule has 14 heavy (non-hydrogen) atoms. The van der Waals surface area contributed by atoms with E-state index in [1.807, 2.05) is 24.3 Å². The van der Waals surface area contributed by atoms with Gasteiger partial charge in [-0.25, -0.2) is 0 Å². The molecule has 0 bridgehead atoms. The summed E-state index contributed by atoms with van der Waals surface area (Å²) in [4.78, 5) is 0.974. The Bertz CT molecular complexity index is 328. The lowest BCUT2D eigenvalue weighted by atomic mass is 10.3. The first kappa shape index (κ1) is 10.7. The van der Waals surface area contributed by atoms with Gasteiger partial charge in [-0.15, -0.1) is 11.8 Å². The Morgan fingerprint density at radius 2 is 2.29 bits per heavy atom. The third-order valence-electron chi connectivity index (χ3n) is 1.57. The molecule has 0 unspecified atom stereocenters. The van der Waals surface area contributed by atoms with Crippen molar-refractivity contribution in [2.24, 2.45) is 10.9 Å². The zero-order chi connectivity index (χ0) is 10.4. The monoisotopic (exact) mass is 212 g/mol. The molecule has 0 aliphatic carbocycles. The van der Waals surface area contributed by atoms with Crippen LogP contribution in [0.4, 0.5) is 0 Å². The highest BCUT2D eigenvalue weighted by molar-refractivity contribution is 8.00. The minimum Gasteiger partial charge on any atom is -0.496 e. The SMILES string of the molecule is COc1ccccc1SC/C(N)=N\O. The van der Waals surface area contributed by atoms with Crippen LogP contribution in [-0.2, 0) is 0 Å². The molecule has 0 radical (unpaired) electrons. The Hall–Kier alpha value is -1.36. The maximum atomic E-state index is 8.36. The maximum absolute atomic E-state index is 8.36. The summed E-state index contributed by atoms with van der Waals surface area (Å²) in [7, 11) is 1.61. The smallest absolute Gasteiger partial charge is 0.149 e. The van der Waals surface area contributed by atoms with Crippen LogP contribution in [0.25, 0.3) is 0 Å².